The summed E-state index contributed by atoms with van der Waals surface area (Å²) in [6.07, 6.45) is 2.57. The molecule has 0 aliphatic rings. The Bertz CT molecular complexity index is 338. The third kappa shape index (κ3) is 4.44. The highest BCUT2D eigenvalue weighted by molar-refractivity contribution is 7.09. The Hall–Kier alpha value is -0.940. The molecule has 3 N–H and O–H groups in total. The molecule has 0 saturated carbocycles. The molecule has 0 aliphatic heterocycles. The zero-order valence-electron chi connectivity index (χ0n) is 10.6. The van der Waals surface area contributed by atoms with E-state index in [1.165, 1.54) is 0 Å². The summed E-state index contributed by atoms with van der Waals surface area (Å²) in [6.45, 7) is 6.54. The maximum absolute atomic E-state index is 12.0. The molecule has 1 rings (SSSR count). The third-order valence-electron chi connectivity index (χ3n) is 2.59. The van der Waals surface area contributed by atoms with Crippen molar-refractivity contribution in [1.82, 2.24) is 10.3 Å². The number of nitrogens with two attached hydrogens (primary N) is 1. The summed E-state index contributed by atoms with van der Waals surface area (Å²) >= 11 is 1.55. The van der Waals surface area contributed by atoms with Gasteiger partial charge in [-0.15, -0.1) is 11.3 Å². The predicted octanol–water partition coefficient (Wildman–Crippen LogP) is 1.94. The number of carbonyl (C=O) groups is 1. The molecule has 1 heterocycles. The maximum atomic E-state index is 12.0. The first-order valence-electron chi connectivity index (χ1n) is 5.94. The smallest absolute Gasteiger partial charge is 0.224 e. The van der Waals surface area contributed by atoms with Crippen LogP contribution < -0.4 is 11.1 Å². The van der Waals surface area contributed by atoms with Crippen LogP contribution in [0.25, 0.3) is 0 Å². The molecule has 17 heavy (non-hydrogen) atoms. The van der Waals surface area contributed by atoms with Crippen LogP contribution in [0.1, 0.15) is 38.2 Å². The zero-order valence-corrected chi connectivity index (χ0v) is 11.5. The van der Waals surface area contributed by atoms with Crippen LogP contribution in [0.15, 0.2) is 11.6 Å². The van der Waals surface area contributed by atoms with Crippen molar-refractivity contribution < 1.29 is 4.79 Å². The van der Waals surface area contributed by atoms with E-state index in [4.69, 9.17) is 5.73 Å². The normalized spacial score (nSPS) is 14.6. The molecular weight excluding hydrogens is 234 g/mol. The molecule has 2 atom stereocenters. The van der Waals surface area contributed by atoms with E-state index < -0.39 is 0 Å². The van der Waals surface area contributed by atoms with Gasteiger partial charge in [-0.05, 0) is 19.3 Å². The van der Waals surface area contributed by atoms with Gasteiger partial charge in [0.25, 0.3) is 0 Å². The number of hydrogen-bond acceptors (Lipinski definition) is 4. The topological polar surface area (TPSA) is 68.0 Å². The Morgan fingerprint density at radius 1 is 1.53 bits per heavy atom. The van der Waals surface area contributed by atoms with E-state index in [0.29, 0.717) is 12.5 Å². The number of aromatic nitrogens is 1. The predicted molar refractivity (Wildman–Crippen MR) is 70.7 cm³/mol. The first kappa shape index (κ1) is 14.1. The fourth-order valence-corrected chi connectivity index (χ4v) is 2.37. The fraction of sp³-hybridized carbons (Fsp3) is 0.667. The first-order chi connectivity index (χ1) is 8.04. The average molecular weight is 255 g/mol. The molecule has 2 unspecified atom stereocenters. The van der Waals surface area contributed by atoms with E-state index >= 15 is 0 Å². The van der Waals surface area contributed by atoms with E-state index in [0.717, 1.165) is 11.4 Å². The Kier molecular flexibility index (Phi) is 5.58. The van der Waals surface area contributed by atoms with Gasteiger partial charge < -0.3 is 11.1 Å². The van der Waals surface area contributed by atoms with Crippen LogP contribution in [-0.4, -0.2) is 17.4 Å². The number of thiazole rings is 1. The highest BCUT2D eigenvalue weighted by Gasteiger charge is 2.20. The van der Waals surface area contributed by atoms with Crippen molar-refractivity contribution in [3.8, 4) is 0 Å². The molecule has 0 radical (unpaired) electrons. The van der Waals surface area contributed by atoms with Gasteiger partial charge in [-0.25, -0.2) is 4.98 Å². The molecule has 5 heteroatoms. The van der Waals surface area contributed by atoms with E-state index in [2.05, 4.69) is 24.1 Å². The number of rotatable bonds is 6. The van der Waals surface area contributed by atoms with Crippen molar-refractivity contribution in [3.63, 3.8) is 0 Å². The van der Waals surface area contributed by atoms with E-state index in [-0.39, 0.29) is 17.9 Å². The van der Waals surface area contributed by atoms with Crippen LogP contribution in [0.4, 0.5) is 0 Å². The van der Waals surface area contributed by atoms with Crippen molar-refractivity contribution in [2.24, 2.45) is 17.6 Å². The van der Waals surface area contributed by atoms with Gasteiger partial charge in [0.15, 0.2) is 0 Å². The summed E-state index contributed by atoms with van der Waals surface area (Å²) < 4.78 is 0. The maximum Gasteiger partial charge on any atom is 0.224 e. The summed E-state index contributed by atoms with van der Waals surface area (Å²) in [5, 5.41) is 5.81. The molecule has 0 aromatic carbocycles. The summed E-state index contributed by atoms with van der Waals surface area (Å²) in [7, 11) is 0. The Labute approximate surface area is 107 Å². The van der Waals surface area contributed by atoms with Gasteiger partial charge in [-0.3, -0.25) is 4.79 Å². The molecule has 96 valence electrons. The minimum Gasteiger partial charge on any atom is -0.347 e. The van der Waals surface area contributed by atoms with Gasteiger partial charge in [0.1, 0.15) is 5.01 Å². The SMILES string of the molecule is CC(C)CC(CN)C(=O)NC(C)c1nccs1. The lowest BCUT2D eigenvalue weighted by atomic mass is 9.96. The second-order valence-corrected chi connectivity index (χ2v) is 5.59. The average Bonchev–Trinajstić information content (AvgIpc) is 2.78. The molecule has 0 fully saturated rings. The largest absolute Gasteiger partial charge is 0.347 e. The van der Waals surface area contributed by atoms with Crippen LogP contribution in [0, 0.1) is 11.8 Å². The van der Waals surface area contributed by atoms with E-state index in [9.17, 15) is 4.79 Å². The highest BCUT2D eigenvalue weighted by atomic mass is 32.1. The van der Waals surface area contributed by atoms with Gasteiger partial charge in [-0.1, -0.05) is 13.8 Å². The minimum absolute atomic E-state index is 0.0314. The molecular formula is C12H21N3OS. The van der Waals surface area contributed by atoms with Crippen LogP contribution in [-0.2, 0) is 4.79 Å². The summed E-state index contributed by atoms with van der Waals surface area (Å²) in [4.78, 5) is 16.2. The number of nitrogens with zero attached hydrogens (tertiary/aromatic N) is 1. The van der Waals surface area contributed by atoms with Gasteiger partial charge >= 0.3 is 0 Å². The monoisotopic (exact) mass is 255 g/mol. The zero-order chi connectivity index (χ0) is 12.8. The van der Waals surface area contributed by atoms with Crippen molar-refractivity contribution in [3.05, 3.63) is 16.6 Å². The quantitative estimate of drug-likeness (QED) is 0.816. The molecule has 0 spiro atoms. The Balaban J connectivity index is 2.52. The van der Waals surface area contributed by atoms with Crippen molar-refractivity contribution in [2.45, 2.75) is 33.2 Å². The first-order valence-corrected chi connectivity index (χ1v) is 6.82. The lowest BCUT2D eigenvalue weighted by molar-refractivity contribution is -0.125. The lowest BCUT2D eigenvalue weighted by Gasteiger charge is -2.19. The third-order valence-corrected chi connectivity index (χ3v) is 3.55. The molecule has 1 aromatic rings. The van der Waals surface area contributed by atoms with Crippen molar-refractivity contribution in [2.75, 3.05) is 6.54 Å². The molecule has 0 bridgehead atoms. The summed E-state index contributed by atoms with van der Waals surface area (Å²) in [5.41, 5.74) is 5.64. The van der Waals surface area contributed by atoms with E-state index in [1.807, 2.05) is 12.3 Å². The highest BCUT2D eigenvalue weighted by Crippen LogP contribution is 2.17. The molecule has 1 amide bonds. The van der Waals surface area contributed by atoms with Crippen molar-refractivity contribution in [1.29, 1.82) is 0 Å². The van der Waals surface area contributed by atoms with Gasteiger partial charge in [0.2, 0.25) is 5.91 Å². The number of amides is 1. The lowest BCUT2D eigenvalue weighted by Crippen LogP contribution is -2.37. The van der Waals surface area contributed by atoms with Crippen LogP contribution in [0.2, 0.25) is 0 Å². The van der Waals surface area contributed by atoms with Crippen LogP contribution in [0.5, 0.6) is 0 Å². The number of hydrogen-bond donors (Lipinski definition) is 2. The van der Waals surface area contributed by atoms with E-state index in [1.54, 1.807) is 17.5 Å². The van der Waals surface area contributed by atoms with Gasteiger partial charge in [0, 0.05) is 18.1 Å². The van der Waals surface area contributed by atoms with Crippen LogP contribution in [0.3, 0.4) is 0 Å². The second-order valence-electron chi connectivity index (χ2n) is 4.66. The number of carbonyl (C=O) groups excluding carboxylic acids is 1. The Morgan fingerprint density at radius 2 is 2.24 bits per heavy atom. The molecule has 1 aromatic heterocycles. The molecule has 4 nitrogen and oxygen atoms in total. The standard InChI is InChI=1S/C12H21N3OS/c1-8(2)6-10(7-13)11(16)15-9(3)12-14-4-5-17-12/h4-5,8-10H,6-7,13H2,1-3H3,(H,15,16). The second kappa shape index (κ2) is 6.71. The summed E-state index contributed by atoms with van der Waals surface area (Å²) in [6, 6.07) is -0.0382. The van der Waals surface area contributed by atoms with Gasteiger partial charge in [0.05, 0.1) is 12.0 Å². The fourth-order valence-electron chi connectivity index (χ4n) is 1.72. The Morgan fingerprint density at radius 3 is 2.71 bits per heavy atom. The van der Waals surface area contributed by atoms with Crippen LogP contribution >= 0.6 is 11.3 Å². The minimum atomic E-state index is -0.0996. The van der Waals surface area contributed by atoms with Crippen molar-refractivity contribution >= 4 is 17.2 Å². The summed E-state index contributed by atoms with van der Waals surface area (Å²) in [5.74, 6) is 0.408. The number of nitrogens with one attached hydrogen (secondary N) is 1. The molecule has 0 saturated heterocycles. The molecule has 0 aliphatic carbocycles. The van der Waals surface area contributed by atoms with Gasteiger partial charge in [-0.2, -0.15) is 0 Å².